The van der Waals surface area contributed by atoms with E-state index in [1.165, 1.54) is 29.7 Å². The molecule has 1 saturated heterocycles. The summed E-state index contributed by atoms with van der Waals surface area (Å²) in [6.45, 7) is 1.72. The predicted octanol–water partition coefficient (Wildman–Crippen LogP) is 0.385. The minimum absolute atomic E-state index is 0.0590. The van der Waals surface area contributed by atoms with Gasteiger partial charge in [0, 0.05) is 13.1 Å². The van der Waals surface area contributed by atoms with Crippen LogP contribution in [0.15, 0.2) is 29.2 Å². The molecule has 2 amide bonds. The number of hydrogen-bond acceptors (Lipinski definition) is 6. The van der Waals surface area contributed by atoms with Crippen molar-refractivity contribution in [3.8, 4) is 17.6 Å². The number of carbonyl (C=O) groups is 2. The average molecular weight is 411 g/mol. The van der Waals surface area contributed by atoms with Crippen LogP contribution in [0, 0.1) is 11.8 Å². The van der Waals surface area contributed by atoms with Crippen LogP contribution in [0.3, 0.4) is 0 Å². The van der Waals surface area contributed by atoms with Crippen LogP contribution in [-0.4, -0.2) is 60.9 Å². The van der Waals surface area contributed by atoms with Crippen molar-refractivity contribution in [2.75, 3.05) is 19.7 Å². The lowest BCUT2D eigenvalue weighted by molar-refractivity contribution is -0.137. The van der Waals surface area contributed by atoms with Crippen molar-refractivity contribution in [3.63, 3.8) is 0 Å². The van der Waals surface area contributed by atoms with Crippen LogP contribution >= 0.6 is 0 Å². The van der Waals surface area contributed by atoms with Crippen LogP contribution in [-0.2, 0) is 14.8 Å². The van der Waals surface area contributed by atoms with Crippen LogP contribution in [0.2, 0.25) is 0 Å². The van der Waals surface area contributed by atoms with Gasteiger partial charge in [-0.2, -0.15) is 4.72 Å². The van der Waals surface area contributed by atoms with Crippen molar-refractivity contribution < 1.29 is 33.1 Å². The van der Waals surface area contributed by atoms with Gasteiger partial charge in [-0.3, -0.25) is 10.0 Å². The molecule has 1 aromatic rings. The monoisotopic (exact) mass is 411 g/mol. The summed E-state index contributed by atoms with van der Waals surface area (Å²) in [6.07, 6.45) is -1.41. The Hall–Kier alpha value is -2.81. The smallest absolute Gasteiger partial charge is 0.407 e. The number of benzene rings is 1. The van der Waals surface area contributed by atoms with Crippen molar-refractivity contribution in [2.24, 2.45) is 0 Å². The second-order valence-corrected chi connectivity index (χ2v) is 7.77. The molecule has 0 saturated carbocycles. The number of nitrogens with one attached hydrogen (secondary N) is 2. The number of hydrogen-bond donors (Lipinski definition) is 4. The zero-order valence-corrected chi connectivity index (χ0v) is 16.0. The molecule has 1 heterocycles. The summed E-state index contributed by atoms with van der Waals surface area (Å²) in [4.78, 5) is 24.2. The van der Waals surface area contributed by atoms with Crippen molar-refractivity contribution >= 4 is 22.0 Å². The molecule has 28 heavy (non-hydrogen) atoms. The Bertz CT molecular complexity index is 880. The van der Waals surface area contributed by atoms with Gasteiger partial charge >= 0.3 is 6.09 Å². The topological polar surface area (TPSA) is 145 Å². The Morgan fingerprint density at radius 1 is 1.25 bits per heavy atom. The van der Waals surface area contributed by atoms with Crippen molar-refractivity contribution in [1.82, 2.24) is 15.1 Å². The minimum atomic E-state index is -4.12. The minimum Gasteiger partial charge on any atom is -0.481 e. The molecule has 0 bridgehead atoms. The summed E-state index contributed by atoms with van der Waals surface area (Å²) in [5, 5.41) is 18.1. The van der Waals surface area contributed by atoms with Crippen LogP contribution in [0.25, 0.3) is 0 Å². The average Bonchev–Trinajstić information content (AvgIpc) is 2.68. The fourth-order valence-electron chi connectivity index (χ4n) is 2.78. The highest BCUT2D eigenvalue weighted by Gasteiger charge is 2.45. The van der Waals surface area contributed by atoms with Gasteiger partial charge in [-0.1, -0.05) is 5.92 Å². The molecule has 11 heteroatoms. The van der Waals surface area contributed by atoms with Crippen molar-refractivity contribution in [1.29, 1.82) is 0 Å². The molecule has 0 radical (unpaired) electrons. The van der Waals surface area contributed by atoms with E-state index in [2.05, 4.69) is 16.6 Å². The number of ether oxygens (including phenoxy) is 1. The lowest BCUT2D eigenvalue weighted by atomic mass is 9.88. The van der Waals surface area contributed by atoms with Crippen molar-refractivity contribution in [2.45, 2.75) is 30.2 Å². The van der Waals surface area contributed by atoms with Crippen LogP contribution in [0.4, 0.5) is 4.79 Å². The Kier molecular flexibility index (Phi) is 6.85. The third-order valence-corrected chi connectivity index (χ3v) is 5.93. The highest BCUT2D eigenvalue weighted by molar-refractivity contribution is 7.89. The molecule has 1 aromatic carbocycles. The first-order valence-corrected chi connectivity index (χ1v) is 9.81. The van der Waals surface area contributed by atoms with Gasteiger partial charge in [0.25, 0.3) is 5.91 Å². The second kappa shape index (κ2) is 8.92. The third kappa shape index (κ3) is 4.92. The van der Waals surface area contributed by atoms with E-state index in [4.69, 9.17) is 15.1 Å². The zero-order valence-electron chi connectivity index (χ0n) is 15.1. The highest BCUT2D eigenvalue weighted by Crippen LogP contribution is 2.26. The molecule has 0 aliphatic carbocycles. The van der Waals surface area contributed by atoms with Gasteiger partial charge in [0.05, 0.1) is 4.90 Å². The quantitative estimate of drug-likeness (QED) is 0.301. The predicted molar refractivity (Wildman–Crippen MR) is 97.2 cm³/mol. The van der Waals surface area contributed by atoms with E-state index < -0.39 is 27.6 Å². The fourth-order valence-corrected chi connectivity index (χ4v) is 4.21. The maximum absolute atomic E-state index is 12.7. The van der Waals surface area contributed by atoms with E-state index in [1.54, 1.807) is 6.92 Å². The van der Waals surface area contributed by atoms with E-state index in [0.717, 1.165) is 4.90 Å². The summed E-state index contributed by atoms with van der Waals surface area (Å²) in [5.41, 5.74) is -0.195. The van der Waals surface area contributed by atoms with Gasteiger partial charge in [-0.25, -0.2) is 18.7 Å². The fraction of sp³-hybridized carbons (Fsp3) is 0.412. The van der Waals surface area contributed by atoms with Crippen LogP contribution in [0.5, 0.6) is 5.75 Å². The lowest BCUT2D eigenvalue weighted by Crippen LogP contribution is -2.63. The zero-order chi connectivity index (χ0) is 20.8. The van der Waals surface area contributed by atoms with Gasteiger partial charge in [-0.15, -0.1) is 5.92 Å². The first-order valence-electron chi connectivity index (χ1n) is 8.33. The summed E-state index contributed by atoms with van der Waals surface area (Å²) in [6, 6.07) is 5.54. The molecule has 10 nitrogen and oxygen atoms in total. The molecule has 1 aliphatic heterocycles. The summed E-state index contributed by atoms with van der Waals surface area (Å²) >= 11 is 0. The van der Waals surface area contributed by atoms with Crippen LogP contribution < -0.4 is 14.9 Å². The van der Waals surface area contributed by atoms with E-state index in [1.807, 2.05) is 0 Å². The van der Waals surface area contributed by atoms with Crippen molar-refractivity contribution in [3.05, 3.63) is 24.3 Å². The standard InChI is InChI=1S/C17H21N3O7S/c1-2-3-12-27-13-4-6-14(7-5-13)28(25,26)19-17(15(21)18-24)8-10-20(11-9-17)16(22)23/h4-7,19,24H,8-12H2,1H3,(H,18,21)(H,22,23). The molecule has 4 N–H and O–H groups in total. The van der Waals surface area contributed by atoms with E-state index in [-0.39, 0.29) is 37.4 Å². The second-order valence-electron chi connectivity index (χ2n) is 6.09. The normalized spacial score (nSPS) is 15.9. The number of amides is 2. The number of piperidine rings is 1. The molecule has 1 fully saturated rings. The first kappa shape index (κ1) is 21.5. The number of hydroxylamine groups is 1. The summed E-state index contributed by atoms with van der Waals surface area (Å²) < 4.78 is 33.1. The summed E-state index contributed by atoms with van der Waals surface area (Å²) in [7, 11) is -4.12. The molecule has 0 unspecified atom stereocenters. The molecular weight excluding hydrogens is 390 g/mol. The number of sulfonamides is 1. The Labute approximate surface area is 162 Å². The van der Waals surface area contributed by atoms with E-state index >= 15 is 0 Å². The number of carbonyl (C=O) groups excluding carboxylic acids is 1. The van der Waals surface area contributed by atoms with E-state index in [0.29, 0.717) is 5.75 Å². The molecule has 0 aromatic heterocycles. The molecule has 0 spiro atoms. The number of nitrogens with zero attached hydrogens (tertiary/aromatic N) is 1. The molecular formula is C17H21N3O7S. The number of carboxylic acid groups (broad SMARTS) is 1. The molecule has 0 atom stereocenters. The van der Waals surface area contributed by atoms with Gasteiger partial charge in [0.1, 0.15) is 17.9 Å². The highest BCUT2D eigenvalue weighted by atomic mass is 32.2. The largest absolute Gasteiger partial charge is 0.481 e. The Morgan fingerprint density at radius 2 is 1.86 bits per heavy atom. The molecule has 1 aliphatic rings. The van der Waals surface area contributed by atoms with Gasteiger partial charge in [0.15, 0.2) is 0 Å². The lowest BCUT2D eigenvalue weighted by Gasteiger charge is -2.39. The maximum Gasteiger partial charge on any atom is 0.407 e. The molecule has 152 valence electrons. The summed E-state index contributed by atoms with van der Waals surface area (Å²) in [5.74, 6) is 4.87. The van der Waals surface area contributed by atoms with Gasteiger partial charge in [0.2, 0.25) is 10.0 Å². The SMILES string of the molecule is CC#CCOc1ccc(S(=O)(=O)NC2(C(=O)NO)CCN(C(=O)O)CC2)cc1. The van der Waals surface area contributed by atoms with Gasteiger partial charge < -0.3 is 14.7 Å². The number of rotatable bonds is 6. The van der Waals surface area contributed by atoms with Gasteiger partial charge in [-0.05, 0) is 44.0 Å². The van der Waals surface area contributed by atoms with Crippen LogP contribution in [0.1, 0.15) is 19.8 Å². The third-order valence-electron chi connectivity index (χ3n) is 4.38. The first-order chi connectivity index (χ1) is 13.2. The Balaban J connectivity index is 2.19. The maximum atomic E-state index is 12.7. The molecule has 2 rings (SSSR count). The number of likely N-dealkylation sites (tertiary alicyclic amines) is 1. The van der Waals surface area contributed by atoms with E-state index in [9.17, 15) is 18.0 Å². The Morgan fingerprint density at radius 3 is 2.36 bits per heavy atom.